The van der Waals surface area contributed by atoms with Crippen LogP contribution < -0.4 is 10.7 Å². The van der Waals surface area contributed by atoms with Gasteiger partial charge in [0, 0.05) is 7.05 Å². The minimum absolute atomic E-state index is 0.240. The van der Waals surface area contributed by atoms with Crippen molar-refractivity contribution in [1.29, 1.82) is 0 Å². The van der Waals surface area contributed by atoms with Crippen molar-refractivity contribution in [2.75, 3.05) is 31.4 Å². The lowest BCUT2D eigenvalue weighted by atomic mass is 10.1. The zero-order chi connectivity index (χ0) is 18.5. The topological polar surface area (TPSA) is 85.1 Å². The summed E-state index contributed by atoms with van der Waals surface area (Å²) in [5.74, 6) is -0.481. The molecule has 1 amide bonds. The maximum absolute atomic E-state index is 12.4. The van der Waals surface area contributed by atoms with Crippen LogP contribution in [0.2, 0.25) is 0 Å². The average molecular weight is 335 g/mol. The molecule has 0 radical (unpaired) electrons. The molecular weight excluding hydrogens is 310 g/mol. The van der Waals surface area contributed by atoms with Gasteiger partial charge < -0.3 is 15.2 Å². The molecule has 0 aliphatic rings. The number of nitrogens with zero attached hydrogens (tertiary/aromatic N) is 2. The fourth-order valence-corrected chi connectivity index (χ4v) is 1.98. The van der Waals surface area contributed by atoms with E-state index in [-0.39, 0.29) is 6.54 Å². The summed E-state index contributed by atoms with van der Waals surface area (Å²) in [6.07, 6.45) is 1.06. The summed E-state index contributed by atoms with van der Waals surface area (Å²) in [7, 11) is 2.98. The molecule has 24 heavy (non-hydrogen) atoms. The molecule has 0 aliphatic carbocycles. The number of carbonyl (C=O) groups is 2. The lowest BCUT2D eigenvalue weighted by Gasteiger charge is -2.34. The van der Waals surface area contributed by atoms with Crippen molar-refractivity contribution in [1.82, 2.24) is 5.01 Å². The standard InChI is InChI=1S/C17H25N3O4/c1-7-10-20(16(22)24-17(2,3)4)19(5)14-9-8-12(11-13(14)18)15(21)23-6/h7-9,11H,1,10,18H2,2-6H3. The summed E-state index contributed by atoms with van der Waals surface area (Å²) < 4.78 is 10.1. The largest absolute Gasteiger partial charge is 0.465 e. The van der Waals surface area contributed by atoms with Crippen molar-refractivity contribution in [2.24, 2.45) is 0 Å². The summed E-state index contributed by atoms with van der Waals surface area (Å²) in [5.41, 5.74) is 6.61. The van der Waals surface area contributed by atoms with E-state index in [1.54, 1.807) is 51.0 Å². The number of esters is 1. The molecule has 0 heterocycles. The summed E-state index contributed by atoms with van der Waals surface area (Å²) in [6.45, 7) is 9.26. The number of anilines is 2. The Balaban J connectivity index is 3.10. The molecule has 1 aromatic rings. The third-order valence-corrected chi connectivity index (χ3v) is 3.07. The van der Waals surface area contributed by atoms with Crippen LogP contribution in [0, 0.1) is 0 Å². The number of hydrogen-bond donors (Lipinski definition) is 1. The summed E-state index contributed by atoms with van der Waals surface area (Å²) in [4.78, 5) is 24.0. The predicted molar refractivity (Wildman–Crippen MR) is 93.7 cm³/mol. The lowest BCUT2D eigenvalue weighted by Crippen LogP contribution is -2.47. The molecule has 0 aliphatic heterocycles. The third kappa shape index (κ3) is 4.91. The van der Waals surface area contributed by atoms with E-state index in [4.69, 9.17) is 10.5 Å². The van der Waals surface area contributed by atoms with Crippen LogP contribution >= 0.6 is 0 Å². The molecule has 0 saturated heterocycles. The van der Waals surface area contributed by atoms with Crippen LogP contribution in [0.4, 0.5) is 16.2 Å². The predicted octanol–water partition coefficient (Wildman–Crippen LogP) is 2.83. The van der Waals surface area contributed by atoms with Gasteiger partial charge >= 0.3 is 12.1 Å². The van der Waals surface area contributed by atoms with Crippen LogP contribution in [0.1, 0.15) is 31.1 Å². The number of carbonyl (C=O) groups excluding carboxylic acids is 2. The maximum Gasteiger partial charge on any atom is 0.429 e. The van der Waals surface area contributed by atoms with Gasteiger partial charge in [-0.15, -0.1) is 6.58 Å². The van der Waals surface area contributed by atoms with Gasteiger partial charge in [0.1, 0.15) is 5.60 Å². The molecule has 0 spiro atoms. The van der Waals surface area contributed by atoms with Gasteiger partial charge in [0.2, 0.25) is 0 Å². The quantitative estimate of drug-likeness (QED) is 0.385. The smallest absolute Gasteiger partial charge is 0.429 e. The highest BCUT2D eigenvalue weighted by Gasteiger charge is 2.25. The first-order valence-corrected chi connectivity index (χ1v) is 7.43. The molecule has 0 fully saturated rings. The van der Waals surface area contributed by atoms with Crippen LogP contribution in [0.25, 0.3) is 0 Å². The normalized spacial score (nSPS) is 10.7. The van der Waals surface area contributed by atoms with Gasteiger partial charge in [-0.1, -0.05) is 6.08 Å². The summed E-state index contributed by atoms with van der Waals surface area (Å²) in [5, 5.41) is 2.92. The van der Waals surface area contributed by atoms with Gasteiger partial charge in [-0.25, -0.2) is 14.6 Å². The van der Waals surface area contributed by atoms with E-state index < -0.39 is 17.7 Å². The molecule has 2 N–H and O–H groups in total. The van der Waals surface area contributed by atoms with Crippen LogP contribution in [-0.4, -0.2) is 43.4 Å². The fourth-order valence-electron chi connectivity index (χ4n) is 1.98. The molecule has 7 nitrogen and oxygen atoms in total. The van der Waals surface area contributed by atoms with Gasteiger partial charge in [0.15, 0.2) is 0 Å². The molecule has 0 aromatic heterocycles. The molecule has 0 saturated carbocycles. The first kappa shape index (κ1) is 19.3. The van der Waals surface area contributed by atoms with Gasteiger partial charge in [-0.05, 0) is 39.0 Å². The third-order valence-electron chi connectivity index (χ3n) is 3.07. The average Bonchev–Trinajstić information content (AvgIpc) is 2.49. The van der Waals surface area contributed by atoms with E-state index in [0.29, 0.717) is 16.9 Å². The summed E-state index contributed by atoms with van der Waals surface area (Å²) >= 11 is 0. The fraction of sp³-hybridized carbons (Fsp3) is 0.412. The number of benzene rings is 1. The zero-order valence-electron chi connectivity index (χ0n) is 14.8. The number of nitrogen functional groups attached to an aromatic ring is 1. The van der Waals surface area contributed by atoms with Crippen LogP contribution in [0.15, 0.2) is 30.9 Å². The minimum atomic E-state index is -0.627. The Kier molecular flexibility index (Phi) is 6.22. The van der Waals surface area contributed by atoms with Gasteiger partial charge in [-0.2, -0.15) is 0 Å². The van der Waals surface area contributed by atoms with Gasteiger partial charge in [0.25, 0.3) is 0 Å². The van der Waals surface area contributed by atoms with Crippen molar-refractivity contribution in [2.45, 2.75) is 26.4 Å². The number of ether oxygens (including phenoxy) is 2. The van der Waals surface area contributed by atoms with Crippen molar-refractivity contribution in [3.05, 3.63) is 36.4 Å². The lowest BCUT2D eigenvalue weighted by molar-refractivity contribution is 0.0259. The second kappa shape index (κ2) is 7.72. The summed E-state index contributed by atoms with van der Waals surface area (Å²) in [6, 6.07) is 4.72. The number of hydrazine groups is 1. The Morgan fingerprint density at radius 1 is 1.33 bits per heavy atom. The van der Waals surface area contributed by atoms with Crippen LogP contribution in [0.3, 0.4) is 0 Å². The zero-order valence-corrected chi connectivity index (χ0v) is 14.8. The Hall–Kier alpha value is -2.70. The number of nitrogens with two attached hydrogens (primary N) is 1. The molecule has 1 aromatic carbocycles. The monoisotopic (exact) mass is 335 g/mol. The highest BCUT2D eigenvalue weighted by Crippen LogP contribution is 2.26. The van der Waals surface area contributed by atoms with Crippen molar-refractivity contribution < 1.29 is 19.1 Å². The van der Waals surface area contributed by atoms with E-state index in [1.165, 1.54) is 18.2 Å². The number of hydrogen-bond acceptors (Lipinski definition) is 6. The van der Waals surface area contributed by atoms with Crippen molar-refractivity contribution in [3.63, 3.8) is 0 Å². The minimum Gasteiger partial charge on any atom is -0.465 e. The molecule has 7 heteroatoms. The Bertz CT molecular complexity index is 623. The Labute approximate surface area is 142 Å². The van der Waals surface area contributed by atoms with Crippen molar-refractivity contribution >= 4 is 23.4 Å². The van der Waals surface area contributed by atoms with Crippen LogP contribution in [0.5, 0.6) is 0 Å². The molecular formula is C17H25N3O4. The number of rotatable bonds is 5. The van der Waals surface area contributed by atoms with E-state index >= 15 is 0 Å². The van der Waals surface area contributed by atoms with E-state index in [0.717, 1.165) is 0 Å². The molecule has 0 bridgehead atoms. The number of amides is 1. The van der Waals surface area contributed by atoms with E-state index in [9.17, 15) is 9.59 Å². The molecule has 0 atom stereocenters. The van der Waals surface area contributed by atoms with E-state index in [2.05, 4.69) is 11.3 Å². The first-order valence-electron chi connectivity index (χ1n) is 7.43. The maximum atomic E-state index is 12.4. The molecule has 132 valence electrons. The number of methoxy groups -OCH3 is 1. The van der Waals surface area contributed by atoms with Crippen molar-refractivity contribution in [3.8, 4) is 0 Å². The van der Waals surface area contributed by atoms with E-state index in [1.807, 2.05) is 0 Å². The SMILES string of the molecule is C=CCN(C(=O)OC(C)(C)C)N(C)c1ccc(C(=O)OC)cc1N. The van der Waals surface area contributed by atoms with Gasteiger partial charge in [-0.3, -0.25) is 5.01 Å². The Morgan fingerprint density at radius 2 is 1.96 bits per heavy atom. The Morgan fingerprint density at radius 3 is 2.42 bits per heavy atom. The second-order valence-corrected chi connectivity index (χ2v) is 6.14. The molecule has 0 unspecified atom stereocenters. The van der Waals surface area contributed by atoms with Crippen LogP contribution in [-0.2, 0) is 9.47 Å². The molecule has 1 rings (SSSR count). The second-order valence-electron chi connectivity index (χ2n) is 6.14. The van der Waals surface area contributed by atoms with Gasteiger partial charge in [0.05, 0.1) is 30.6 Å². The highest BCUT2D eigenvalue weighted by atomic mass is 16.6. The first-order chi connectivity index (χ1) is 11.1. The highest BCUT2D eigenvalue weighted by molar-refractivity contribution is 5.92.